The molecule has 0 radical (unpaired) electrons. The number of esters is 1. The van der Waals surface area contributed by atoms with Gasteiger partial charge in [0.2, 0.25) is 11.8 Å². The Labute approximate surface area is 257 Å². The van der Waals surface area contributed by atoms with Gasteiger partial charge in [0.25, 0.3) is 5.91 Å². The van der Waals surface area contributed by atoms with Gasteiger partial charge in [-0.3, -0.25) is 23.6 Å². The fraction of sp³-hybridized carbons (Fsp3) is 0.667. The zero-order chi connectivity index (χ0) is 33.0. The predicted molar refractivity (Wildman–Crippen MR) is 159 cm³/mol. The Bertz CT molecular complexity index is 1410. The van der Waals surface area contributed by atoms with Crippen molar-refractivity contribution in [2.75, 3.05) is 52.5 Å². The number of hydrogen-bond acceptors (Lipinski definition) is 15. The van der Waals surface area contributed by atoms with E-state index in [1.807, 2.05) is 0 Å². The molecule has 0 spiro atoms. The average molecular weight is 663 g/mol. The number of anilines is 1. The highest BCUT2D eigenvalue weighted by Crippen LogP contribution is 2.57. The van der Waals surface area contributed by atoms with Crippen LogP contribution in [0.2, 0.25) is 0 Å². The summed E-state index contributed by atoms with van der Waals surface area (Å²) in [4.78, 5) is 51.7. The summed E-state index contributed by atoms with van der Waals surface area (Å²) in [7, 11) is 4.17. The van der Waals surface area contributed by atoms with E-state index >= 15 is 0 Å². The third kappa shape index (κ3) is 7.96. The molecule has 44 heavy (non-hydrogen) atoms. The Balaban J connectivity index is 1.79. The summed E-state index contributed by atoms with van der Waals surface area (Å²) in [5.74, 6) is -1.29. The van der Waals surface area contributed by atoms with Gasteiger partial charge < -0.3 is 39.6 Å². The van der Waals surface area contributed by atoms with Gasteiger partial charge in [0, 0.05) is 19.8 Å². The molecule has 1 saturated heterocycles. The number of carbonyl (C=O) groups is 3. The van der Waals surface area contributed by atoms with E-state index < -0.39 is 61.3 Å². The highest BCUT2D eigenvalue weighted by molar-refractivity contribution is 8.56. The van der Waals surface area contributed by atoms with Gasteiger partial charge in [0.15, 0.2) is 17.4 Å². The molecule has 1 fully saturated rings. The molecule has 3 rings (SSSR count). The lowest BCUT2D eigenvalue weighted by Gasteiger charge is -2.32. The van der Waals surface area contributed by atoms with Crippen LogP contribution in [0.3, 0.4) is 0 Å². The molecule has 1 aliphatic heterocycles. The first-order valence-corrected chi connectivity index (χ1v) is 16.7. The summed E-state index contributed by atoms with van der Waals surface area (Å²) < 4.78 is 37.3. The summed E-state index contributed by atoms with van der Waals surface area (Å²) in [6.07, 6.45) is -0.406. The van der Waals surface area contributed by atoms with Crippen LogP contribution in [0.1, 0.15) is 33.9 Å². The number of nitrogen functional groups attached to an aromatic ring is 1. The summed E-state index contributed by atoms with van der Waals surface area (Å²) in [5, 5.41) is 23.5. The van der Waals surface area contributed by atoms with Gasteiger partial charge in [-0.05, 0) is 27.7 Å². The van der Waals surface area contributed by atoms with Crippen molar-refractivity contribution in [2.45, 2.75) is 57.7 Å². The van der Waals surface area contributed by atoms with Crippen LogP contribution < -0.4 is 15.6 Å². The van der Waals surface area contributed by atoms with Gasteiger partial charge >= 0.3 is 18.7 Å². The number of nitrogens with one attached hydrogen (secondary N) is 1. The number of aliphatic hydroxyl groups is 2. The molecule has 0 aromatic carbocycles. The number of imidazole rings is 1. The number of fused-ring (bicyclic) bond motifs is 1. The summed E-state index contributed by atoms with van der Waals surface area (Å²) in [5.41, 5.74) is 4.31. The number of hydrogen-bond donors (Lipinski definition) is 4. The van der Waals surface area contributed by atoms with Crippen LogP contribution >= 0.6 is 18.1 Å². The molecule has 3 amide bonds. The van der Waals surface area contributed by atoms with Crippen molar-refractivity contribution >= 4 is 53.1 Å². The number of ether oxygens (including phenoxy) is 3. The van der Waals surface area contributed by atoms with E-state index in [2.05, 4.69) is 20.0 Å². The molecule has 246 valence electrons. The van der Waals surface area contributed by atoms with Crippen LogP contribution in [-0.2, 0) is 28.2 Å². The van der Waals surface area contributed by atoms with Crippen molar-refractivity contribution in [3.05, 3.63) is 6.33 Å². The van der Waals surface area contributed by atoms with Crippen molar-refractivity contribution in [3.8, 4) is 5.88 Å². The molecule has 3 unspecified atom stereocenters. The number of nitrogens with two attached hydrogens (primary N) is 1. The Morgan fingerprint density at radius 2 is 1.93 bits per heavy atom. The lowest BCUT2D eigenvalue weighted by Crippen LogP contribution is -2.42. The summed E-state index contributed by atoms with van der Waals surface area (Å²) in [6.45, 7) is 0.818. The molecule has 3 heterocycles. The second-order valence-electron chi connectivity index (χ2n) is 10.4. The van der Waals surface area contributed by atoms with Crippen molar-refractivity contribution in [3.63, 3.8) is 0 Å². The molecule has 1 aliphatic rings. The SMILES string of the molecule is COc1nc(N)nc2c1ncn2[C@H](OCCOP(=O)(NC(C)C(=O)OC(C)C)SCC1C(=O)N(C)C(=O)N1C)[C@](C)(O)CO. The second-order valence-corrected chi connectivity index (χ2v) is 14.7. The first-order chi connectivity index (χ1) is 20.5. The minimum absolute atomic E-state index is 0.0883. The Morgan fingerprint density at radius 3 is 2.50 bits per heavy atom. The van der Waals surface area contributed by atoms with E-state index in [0.717, 1.165) is 16.3 Å². The lowest BCUT2D eigenvalue weighted by molar-refractivity contribution is -0.158. The number of amides is 3. The summed E-state index contributed by atoms with van der Waals surface area (Å²) >= 11 is 0.740. The molecule has 0 bridgehead atoms. The van der Waals surface area contributed by atoms with Gasteiger partial charge in [-0.25, -0.2) is 14.9 Å². The number of aromatic nitrogens is 4. The maximum absolute atomic E-state index is 13.9. The van der Waals surface area contributed by atoms with Crippen molar-refractivity contribution in [1.29, 1.82) is 0 Å². The van der Waals surface area contributed by atoms with Gasteiger partial charge in [0.1, 0.15) is 17.7 Å². The standard InChI is InChI=1S/C24H39N8O10PS/c1-13(2)42-20(35)14(3)29-43(38,44-10-15-19(34)31(6)23(36)30(15)5)41-9-8-40-21(24(4,37)11-33)32-12-26-16-17(32)27-22(25)28-18(16)39-7/h12-15,21,33,37H,8-11H2,1-7H3,(H,29,38)(H2,25,27,28)/t14?,15?,21-,24-,43?/m1/s1. The number of methoxy groups -OCH3 is 1. The molecule has 0 saturated carbocycles. The minimum atomic E-state index is -3.95. The summed E-state index contributed by atoms with van der Waals surface area (Å²) in [6, 6.07) is -2.47. The van der Waals surface area contributed by atoms with Crippen LogP contribution in [0, 0.1) is 0 Å². The third-order valence-electron chi connectivity index (χ3n) is 6.46. The molecule has 20 heteroatoms. The van der Waals surface area contributed by atoms with Gasteiger partial charge in [-0.2, -0.15) is 9.97 Å². The fourth-order valence-corrected chi connectivity index (χ4v) is 8.10. The number of imide groups is 1. The smallest absolute Gasteiger partial charge is 0.327 e. The van der Waals surface area contributed by atoms with Crippen molar-refractivity contribution in [2.24, 2.45) is 0 Å². The first-order valence-electron chi connectivity index (χ1n) is 13.5. The van der Waals surface area contributed by atoms with E-state index in [1.165, 1.54) is 50.8 Å². The number of urea groups is 1. The third-order valence-corrected chi connectivity index (χ3v) is 10.6. The van der Waals surface area contributed by atoms with E-state index in [4.69, 9.17) is 24.5 Å². The number of carbonyl (C=O) groups excluding carboxylic acids is 3. The zero-order valence-corrected chi connectivity index (χ0v) is 27.2. The normalized spacial score (nSPS) is 19.7. The van der Waals surface area contributed by atoms with Gasteiger partial charge in [-0.15, -0.1) is 0 Å². The van der Waals surface area contributed by atoms with Gasteiger partial charge in [0.05, 0.1) is 39.4 Å². The maximum atomic E-state index is 13.9. The topological polar surface area (TPSA) is 234 Å². The monoisotopic (exact) mass is 662 g/mol. The Hall–Kier alpha value is -3.06. The highest BCUT2D eigenvalue weighted by Gasteiger charge is 2.43. The van der Waals surface area contributed by atoms with Crippen LogP contribution in [0.5, 0.6) is 5.88 Å². The van der Waals surface area contributed by atoms with Crippen molar-refractivity contribution in [1.82, 2.24) is 34.4 Å². The largest absolute Gasteiger partial charge is 0.479 e. The second kappa shape index (κ2) is 14.4. The van der Waals surface area contributed by atoms with Gasteiger partial charge in [-0.1, -0.05) is 11.4 Å². The van der Waals surface area contributed by atoms with E-state index in [-0.39, 0.29) is 42.0 Å². The van der Waals surface area contributed by atoms with Crippen molar-refractivity contribution < 1.29 is 47.9 Å². The number of nitrogens with zero attached hydrogens (tertiary/aromatic N) is 6. The minimum Gasteiger partial charge on any atom is -0.479 e. The first kappa shape index (κ1) is 35.4. The quantitative estimate of drug-likeness (QED) is 0.0822. The zero-order valence-electron chi connectivity index (χ0n) is 25.5. The Morgan fingerprint density at radius 1 is 1.25 bits per heavy atom. The molecular weight excluding hydrogens is 623 g/mol. The molecular formula is C24H39N8O10PS. The Kier molecular flexibility index (Phi) is 11.6. The average Bonchev–Trinajstić information content (AvgIpc) is 3.45. The van der Waals surface area contributed by atoms with Crippen LogP contribution in [-0.4, -0.2) is 128 Å². The molecule has 2 aromatic heterocycles. The number of likely N-dealkylation sites (N-methyl/N-ethyl adjacent to an activating group) is 2. The molecule has 2 aromatic rings. The van der Waals surface area contributed by atoms with E-state index in [9.17, 15) is 29.2 Å². The predicted octanol–water partition coefficient (Wildman–Crippen LogP) is 0.356. The number of aliphatic hydroxyl groups excluding tert-OH is 1. The molecule has 0 aliphatic carbocycles. The van der Waals surface area contributed by atoms with Crippen LogP contribution in [0.25, 0.3) is 11.2 Å². The van der Waals surface area contributed by atoms with Crippen LogP contribution in [0.4, 0.5) is 10.7 Å². The fourth-order valence-electron chi connectivity index (χ4n) is 4.12. The highest BCUT2D eigenvalue weighted by atomic mass is 32.7. The van der Waals surface area contributed by atoms with E-state index in [0.29, 0.717) is 0 Å². The maximum Gasteiger partial charge on any atom is 0.327 e. The van der Waals surface area contributed by atoms with E-state index in [1.54, 1.807) is 13.8 Å². The number of rotatable bonds is 16. The molecule has 18 nitrogen and oxygen atoms in total. The molecule has 5 atom stereocenters. The van der Waals surface area contributed by atoms with Crippen LogP contribution in [0.15, 0.2) is 6.33 Å². The molecule has 5 N–H and O–H groups in total. The lowest BCUT2D eigenvalue weighted by atomic mass is 10.1.